The van der Waals surface area contributed by atoms with Gasteiger partial charge in [-0.3, -0.25) is 4.79 Å². The van der Waals surface area contributed by atoms with Crippen LogP contribution in [0.1, 0.15) is 11.3 Å². The molecule has 0 spiro atoms. The van der Waals surface area contributed by atoms with Crippen molar-refractivity contribution in [2.45, 2.75) is 13.0 Å². The van der Waals surface area contributed by atoms with E-state index in [0.717, 1.165) is 54.9 Å². The van der Waals surface area contributed by atoms with Gasteiger partial charge in [0.05, 0.1) is 12.2 Å². The second-order valence-corrected chi connectivity index (χ2v) is 8.12. The summed E-state index contributed by atoms with van der Waals surface area (Å²) in [4.78, 5) is 30.3. The quantitative estimate of drug-likeness (QED) is 0.716. The van der Waals surface area contributed by atoms with Crippen LogP contribution in [0.25, 0.3) is 0 Å². The average Bonchev–Trinajstić information content (AvgIpc) is 2.78. The number of carbonyl (C=O) groups excluding carboxylic acids is 1. The number of fused-ring (bicyclic) bond motifs is 1. The maximum atomic E-state index is 13.2. The zero-order valence-corrected chi connectivity index (χ0v) is 18.3. The van der Waals surface area contributed by atoms with Crippen molar-refractivity contribution in [3.05, 3.63) is 41.3 Å². The number of methoxy groups -OCH3 is 1. The fraction of sp³-hybridized carbons (Fsp3) is 0.500. The largest absolute Gasteiger partial charge is 0.375 e. The van der Waals surface area contributed by atoms with Crippen LogP contribution in [-0.4, -0.2) is 81.3 Å². The third kappa shape index (κ3) is 4.56. The summed E-state index contributed by atoms with van der Waals surface area (Å²) in [7, 11) is 5.47. The van der Waals surface area contributed by atoms with E-state index in [4.69, 9.17) is 14.7 Å². The van der Waals surface area contributed by atoms with E-state index in [9.17, 15) is 9.18 Å². The van der Waals surface area contributed by atoms with Gasteiger partial charge in [0.2, 0.25) is 11.9 Å². The summed E-state index contributed by atoms with van der Waals surface area (Å²) in [5.41, 5.74) is 3.05. The van der Waals surface area contributed by atoms with E-state index in [1.165, 1.54) is 19.2 Å². The molecule has 1 aromatic heterocycles. The van der Waals surface area contributed by atoms with Gasteiger partial charge in [0.25, 0.3) is 0 Å². The standard InChI is InChI=1S/C22H29FN6O2/c1-26(2)21-18-14-29(20(30)15-31-3)9-8-19(18)24-22(25-21)28-12-10-27(11-13-28)17-6-4-16(23)5-7-17/h4-7H,8-15H2,1-3H3. The van der Waals surface area contributed by atoms with Gasteiger partial charge in [-0.25, -0.2) is 9.37 Å². The van der Waals surface area contributed by atoms with E-state index >= 15 is 0 Å². The molecule has 1 aromatic carbocycles. The lowest BCUT2D eigenvalue weighted by Gasteiger charge is -2.37. The van der Waals surface area contributed by atoms with Crippen LogP contribution in [0.3, 0.4) is 0 Å². The molecule has 0 atom stereocenters. The normalized spacial score (nSPS) is 16.3. The number of hydrogen-bond donors (Lipinski definition) is 0. The number of piperazine rings is 1. The fourth-order valence-electron chi connectivity index (χ4n) is 4.14. The van der Waals surface area contributed by atoms with E-state index in [1.807, 2.05) is 36.0 Å². The van der Waals surface area contributed by atoms with E-state index in [-0.39, 0.29) is 18.3 Å². The minimum absolute atomic E-state index is 0.0150. The third-order valence-corrected chi connectivity index (χ3v) is 5.83. The van der Waals surface area contributed by atoms with Crippen molar-refractivity contribution >= 4 is 23.4 Å². The first-order chi connectivity index (χ1) is 15.0. The molecule has 0 bridgehead atoms. The van der Waals surface area contributed by atoms with Crippen LogP contribution < -0.4 is 14.7 Å². The molecule has 8 nitrogen and oxygen atoms in total. The molecule has 166 valence electrons. The maximum absolute atomic E-state index is 13.2. The van der Waals surface area contributed by atoms with Crippen molar-refractivity contribution in [1.29, 1.82) is 0 Å². The number of halogens is 1. The highest BCUT2D eigenvalue weighted by molar-refractivity contribution is 5.78. The molecule has 0 N–H and O–H groups in total. The van der Waals surface area contributed by atoms with Gasteiger partial charge >= 0.3 is 0 Å². The van der Waals surface area contributed by atoms with Crippen molar-refractivity contribution in [1.82, 2.24) is 14.9 Å². The predicted molar refractivity (Wildman–Crippen MR) is 118 cm³/mol. The number of amides is 1. The number of anilines is 3. The van der Waals surface area contributed by atoms with Gasteiger partial charge in [0, 0.05) is 71.6 Å². The molecule has 2 aliphatic heterocycles. The van der Waals surface area contributed by atoms with Crippen molar-refractivity contribution in [2.75, 3.05) is 75.2 Å². The highest BCUT2D eigenvalue weighted by atomic mass is 19.1. The molecule has 2 aliphatic rings. The Morgan fingerprint density at radius 1 is 1.06 bits per heavy atom. The lowest BCUT2D eigenvalue weighted by molar-refractivity contribution is -0.136. The first-order valence-corrected chi connectivity index (χ1v) is 10.6. The van der Waals surface area contributed by atoms with E-state index < -0.39 is 0 Å². The summed E-state index contributed by atoms with van der Waals surface area (Å²) in [6, 6.07) is 6.64. The Bertz CT molecular complexity index is 928. The zero-order valence-electron chi connectivity index (χ0n) is 18.3. The Labute approximate surface area is 182 Å². The summed E-state index contributed by atoms with van der Waals surface area (Å²) in [6.45, 7) is 4.46. The molecular formula is C22H29FN6O2. The fourth-order valence-corrected chi connectivity index (χ4v) is 4.14. The van der Waals surface area contributed by atoms with Crippen LogP contribution in [0.5, 0.6) is 0 Å². The summed E-state index contributed by atoms with van der Waals surface area (Å²) in [5.74, 6) is 1.36. The SMILES string of the molecule is COCC(=O)N1CCc2nc(N3CCN(c4ccc(F)cc4)CC3)nc(N(C)C)c2C1. The molecule has 9 heteroatoms. The van der Waals surface area contributed by atoms with E-state index in [2.05, 4.69) is 9.80 Å². The van der Waals surface area contributed by atoms with Crippen molar-refractivity contribution < 1.29 is 13.9 Å². The van der Waals surface area contributed by atoms with Gasteiger partial charge < -0.3 is 24.3 Å². The van der Waals surface area contributed by atoms with Gasteiger partial charge in [-0.1, -0.05) is 0 Å². The van der Waals surface area contributed by atoms with Crippen molar-refractivity contribution in [2.24, 2.45) is 0 Å². The smallest absolute Gasteiger partial charge is 0.248 e. The number of hydrogen-bond acceptors (Lipinski definition) is 7. The number of benzene rings is 1. The van der Waals surface area contributed by atoms with Crippen LogP contribution >= 0.6 is 0 Å². The zero-order chi connectivity index (χ0) is 22.0. The first-order valence-electron chi connectivity index (χ1n) is 10.6. The third-order valence-electron chi connectivity index (χ3n) is 5.83. The Hall–Kier alpha value is -2.94. The molecule has 0 radical (unpaired) electrons. The van der Waals surface area contributed by atoms with Crippen LogP contribution in [0.4, 0.5) is 21.8 Å². The van der Waals surface area contributed by atoms with E-state index in [0.29, 0.717) is 19.5 Å². The number of nitrogens with zero attached hydrogens (tertiary/aromatic N) is 6. The van der Waals surface area contributed by atoms with Gasteiger partial charge in [-0.15, -0.1) is 0 Å². The number of ether oxygens (including phenoxy) is 1. The summed E-state index contributed by atoms with van der Waals surface area (Å²) >= 11 is 0. The van der Waals surface area contributed by atoms with Crippen LogP contribution in [0, 0.1) is 5.82 Å². The second kappa shape index (κ2) is 9.05. The lowest BCUT2D eigenvalue weighted by Crippen LogP contribution is -2.47. The Balaban J connectivity index is 1.51. The minimum Gasteiger partial charge on any atom is -0.375 e. The number of aromatic nitrogens is 2. The Kier molecular flexibility index (Phi) is 6.22. The van der Waals surface area contributed by atoms with Gasteiger partial charge in [0.1, 0.15) is 18.2 Å². The molecule has 2 aromatic rings. The molecule has 0 saturated carbocycles. The second-order valence-electron chi connectivity index (χ2n) is 8.12. The Morgan fingerprint density at radius 3 is 2.39 bits per heavy atom. The minimum atomic E-state index is -0.219. The van der Waals surface area contributed by atoms with Crippen LogP contribution in [0.2, 0.25) is 0 Å². The predicted octanol–water partition coefficient (Wildman–Crippen LogP) is 1.54. The molecule has 1 fully saturated rings. The molecule has 4 rings (SSSR count). The monoisotopic (exact) mass is 428 g/mol. The van der Waals surface area contributed by atoms with Crippen molar-refractivity contribution in [3.8, 4) is 0 Å². The number of carbonyl (C=O) groups is 1. The molecule has 3 heterocycles. The molecule has 31 heavy (non-hydrogen) atoms. The topological polar surface area (TPSA) is 65.0 Å². The number of rotatable bonds is 5. The van der Waals surface area contributed by atoms with Gasteiger partial charge in [0.15, 0.2) is 0 Å². The molecule has 0 aliphatic carbocycles. The highest BCUT2D eigenvalue weighted by Gasteiger charge is 2.28. The van der Waals surface area contributed by atoms with Crippen molar-refractivity contribution in [3.63, 3.8) is 0 Å². The first kappa shape index (κ1) is 21.3. The average molecular weight is 429 g/mol. The molecule has 1 amide bonds. The highest BCUT2D eigenvalue weighted by Crippen LogP contribution is 2.29. The van der Waals surface area contributed by atoms with Crippen LogP contribution in [-0.2, 0) is 22.5 Å². The van der Waals surface area contributed by atoms with Gasteiger partial charge in [-0.05, 0) is 24.3 Å². The van der Waals surface area contributed by atoms with E-state index in [1.54, 1.807) is 0 Å². The maximum Gasteiger partial charge on any atom is 0.248 e. The Morgan fingerprint density at radius 2 is 1.74 bits per heavy atom. The molecular weight excluding hydrogens is 399 g/mol. The molecule has 1 saturated heterocycles. The van der Waals surface area contributed by atoms with Gasteiger partial charge in [-0.2, -0.15) is 4.98 Å². The summed E-state index contributed by atoms with van der Waals surface area (Å²) in [6.07, 6.45) is 0.705. The lowest BCUT2D eigenvalue weighted by atomic mass is 10.1. The summed E-state index contributed by atoms with van der Waals surface area (Å²) in [5, 5.41) is 0. The summed E-state index contributed by atoms with van der Waals surface area (Å²) < 4.78 is 18.2. The molecule has 0 unspecified atom stereocenters. The van der Waals surface area contributed by atoms with Crippen LogP contribution in [0.15, 0.2) is 24.3 Å².